The molecular formula is C20H14Cl2N4O. The lowest BCUT2D eigenvalue weighted by Crippen LogP contribution is -2.14. The van der Waals surface area contributed by atoms with Crippen molar-refractivity contribution in [3.8, 4) is 6.07 Å². The molecule has 0 unspecified atom stereocenters. The molecule has 0 aliphatic heterocycles. The van der Waals surface area contributed by atoms with Crippen LogP contribution in [0.5, 0.6) is 0 Å². The maximum atomic E-state index is 12.2. The summed E-state index contributed by atoms with van der Waals surface area (Å²) in [5.74, 6) is 0.249. The van der Waals surface area contributed by atoms with Crippen LogP contribution in [0.2, 0.25) is 10.0 Å². The lowest BCUT2D eigenvalue weighted by molar-refractivity contribution is -0.111. The van der Waals surface area contributed by atoms with Gasteiger partial charge in [0.25, 0.3) is 0 Å². The van der Waals surface area contributed by atoms with Crippen LogP contribution in [0, 0.1) is 11.3 Å². The Bertz CT molecular complexity index is 1030. The number of carbonyl (C=O) groups is 1. The zero-order valence-electron chi connectivity index (χ0n) is 14.1. The number of rotatable bonds is 5. The normalized spacial score (nSPS) is 10.7. The van der Waals surface area contributed by atoms with Gasteiger partial charge < -0.3 is 5.32 Å². The maximum absolute atomic E-state index is 12.2. The number of anilines is 1. The van der Waals surface area contributed by atoms with Crippen molar-refractivity contribution in [1.29, 1.82) is 5.26 Å². The van der Waals surface area contributed by atoms with Crippen LogP contribution in [0.25, 0.3) is 6.08 Å². The van der Waals surface area contributed by atoms with E-state index in [1.165, 1.54) is 6.08 Å². The Morgan fingerprint density at radius 2 is 1.96 bits per heavy atom. The van der Waals surface area contributed by atoms with E-state index in [9.17, 15) is 4.79 Å². The lowest BCUT2D eigenvalue weighted by atomic mass is 10.1. The molecule has 0 aliphatic rings. The third-order valence-electron chi connectivity index (χ3n) is 3.79. The molecule has 2 aromatic carbocycles. The molecule has 7 heteroatoms. The molecule has 0 aliphatic carbocycles. The van der Waals surface area contributed by atoms with E-state index in [-0.39, 0.29) is 5.91 Å². The summed E-state index contributed by atoms with van der Waals surface area (Å²) in [6, 6.07) is 16.1. The van der Waals surface area contributed by atoms with E-state index >= 15 is 0 Å². The monoisotopic (exact) mass is 396 g/mol. The van der Waals surface area contributed by atoms with E-state index < -0.39 is 0 Å². The summed E-state index contributed by atoms with van der Waals surface area (Å²) in [6.07, 6.45) is 4.69. The van der Waals surface area contributed by atoms with Gasteiger partial charge in [-0.25, -0.2) is 4.68 Å². The molecule has 0 fully saturated rings. The van der Waals surface area contributed by atoms with Crippen LogP contribution in [-0.4, -0.2) is 15.7 Å². The van der Waals surface area contributed by atoms with Crippen molar-refractivity contribution in [1.82, 2.24) is 9.78 Å². The highest BCUT2D eigenvalue weighted by molar-refractivity contribution is 6.42. The van der Waals surface area contributed by atoms with E-state index in [0.717, 1.165) is 11.1 Å². The van der Waals surface area contributed by atoms with Crippen molar-refractivity contribution < 1.29 is 4.79 Å². The fourth-order valence-electron chi connectivity index (χ4n) is 2.41. The van der Waals surface area contributed by atoms with Gasteiger partial charge in [-0.2, -0.15) is 10.4 Å². The van der Waals surface area contributed by atoms with E-state index in [4.69, 9.17) is 28.5 Å². The van der Waals surface area contributed by atoms with Gasteiger partial charge in [-0.05, 0) is 35.4 Å². The van der Waals surface area contributed by atoms with Crippen molar-refractivity contribution >= 4 is 41.0 Å². The summed E-state index contributed by atoms with van der Waals surface area (Å²) < 4.78 is 1.63. The van der Waals surface area contributed by atoms with Crippen LogP contribution < -0.4 is 5.32 Å². The zero-order chi connectivity index (χ0) is 19.2. The van der Waals surface area contributed by atoms with Gasteiger partial charge in [0.05, 0.1) is 34.4 Å². The fourth-order valence-corrected chi connectivity index (χ4v) is 2.79. The summed E-state index contributed by atoms with van der Waals surface area (Å²) in [5.41, 5.74) is 2.19. The number of nitriles is 1. The van der Waals surface area contributed by atoms with Gasteiger partial charge in [-0.1, -0.05) is 47.5 Å². The molecule has 1 heterocycles. The molecule has 5 nitrogen and oxygen atoms in total. The Balaban J connectivity index is 1.68. The summed E-state index contributed by atoms with van der Waals surface area (Å²) >= 11 is 12.3. The van der Waals surface area contributed by atoms with E-state index in [2.05, 4.69) is 16.5 Å². The molecule has 0 atom stereocenters. The van der Waals surface area contributed by atoms with Crippen molar-refractivity contribution in [3.05, 3.63) is 87.5 Å². The molecule has 0 bridgehead atoms. The number of amides is 1. The van der Waals surface area contributed by atoms with Crippen LogP contribution >= 0.6 is 23.2 Å². The van der Waals surface area contributed by atoms with Gasteiger partial charge in [-0.15, -0.1) is 0 Å². The number of carbonyl (C=O) groups excluding carboxylic acids is 1. The van der Waals surface area contributed by atoms with Gasteiger partial charge in [0.15, 0.2) is 0 Å². The minimum atomic E-state index is -0.293. The third kappa shape index (κ3) is 4.76. The average molecular weight is 397 g/mol. The molecule has 0 radical (unpaired) electrons. The molecular weight excluding hydrogens is 383 g/mol. The Kier molecular flexibility index (Phi) is 5.92. The highest BCUT2D eigenvalue weighted by atomic mass is 35.5. The zero-order valence-corrected chi connectivity index (χ0v) is 15.6. The number of nitrogens with one attached hydrogen (secondary N) is 1. The first-order valence-corrected chi connectivity index (χ1v) is 8.76. The molecule has 1 amide bonds. The fraction of sp³-hybridized carbons (Fsp3) is 0.0500. The number of aromatic nitrogens is 2. The lowest BCUT2D eigenvalue weighted by Gasteiger charge is -2.10. The molecule has 1 N–H and O–H groups in total. The molecule has 3 rings (SSSR count). The SMILES string of the molecule is N#Cc1ccc(/C=C/C(=O)Nc2ccnn2Cc2cccc(Cl)c2Cl)cc1. The number of halogens is 2. The van der Waals surface area contributed by atoms with Crippen LogP contribution in [0.3, 0.4) is 0 Å². The Hall–Kier alpha value is -3.07. The third-order valence-corrected chi connectivity index (χ3v) is 4.64. The maximum Gasteiger partial charge on any atom is 0.249 e. The molecule has 0 saturated heterocycles. The van der Waals surface area contributed by atoms with Gasteiger partial charge in [0.2, 0.25) is 5.91 Å². The molecule has 1 aromatic heterocycles. The van der Waals surface area contributed by atoms with Crippen molar-refractivity contribution in [2.75, 3.05) is 5.32 Å². The molecule has 27 heavy (non-hydrogen) atoms. The van der Waals surface area contributed by atoms with Crippen LogP contribution in [0.4, 0.5) is 5.82 Å². The summed E-state index contributed by atoms with van der Waals surface area (Å²) in [4.78, 5) is 12.2. The number of hydrogen-bond donors (Lipinski definition) is 1. The van der Waals surface area contributed by atoms with Gasteiger partial charge >= 0.3 is 0 Å². The molecule has 0 saturated carbocycles. The Morgan fingerprint density at radius 3 is 2.70 bits per heavy atom. The van der Waals surface area contributed by atoms with Crippen LogP contribution in [-0.2, 0) is 11.3 Å². The van der Waals surface area contributed by atoms with Gasteiger partial charge in [0, 0.05) is 12.1 Å². The predicted molar refractivity (Wildman–Crippen MR) is 107 cm³/mol. The highest BCUT2D eigenvalue weighted by Gasteiger charge is 2.09. The van der Waals surface area contributed by atoms with Gasteiger partial charge in [0.1, 0.15) is 5.82 Å². The number of hydrogen-bond acceptors (Lipinski definition) is 3. The first-order chi connectivity index (χ1) is 13.1. The first kappa shape index (κ1) is 18.7. The van der Waals surface area contributed by atoms with Crippen molar-refractivity contribution in [2.24, 2.45) is 0 Å². The highest BCUT2D eigenvalue weighted by Crippen LogP contribution is 2.26. The average Bonchev–Trinajstić information content (AvgIpc) is 3.11. The van der Waals surface area contributed by atoms with E-state index in [1.54, 1.807) is 53.4 Å². The minimum Gasteiger partial charge on any atom is -0.307 e. The van der Waals surface area contributed by atoms with Crippen molar-refractivity contribution in [3.63, 3.8) is 0 Å². The number of benzene rings is 2. The summed E-state index contributed by atoms with van der Waals surface area (Å²) in [7, 11) is 0. The molecule has 0 spiro atoms. The molecule has 134 valence electrons. The molecule has 3 aromatic rings. The minimum absolute atomic E-state index is 0.293. The Morgan fingerprint density at radius 1 is 1.19 bits per heavy atom. The van der Waals surface area contributed by atoms with Gasteiger partial charge in [-0.3, -0.25) is 4.79 Å². The van der Waals surface area contributed by atoms with E-state index in [0.29, 0.717) is 28.0 Å². The number of nitrogens with zero attached hydrogens (tertiary/aromatic N) is 3. The topological polar surface area (TPSA) is 70.7 Å². The van der Waals surface area contributed by atoms with Crippen LogP contribution in [0.15, 0.2) is 60.8 Å². The predicted octanol–water partition coefficient (Wildman–Crippen LogP) is 4.76. The second kappa shape index (κ2) is 8.54. The second-order valence-corrected chi connectivity index (χ2v) is 6.43. The quantitative estimate of drug-likeness (QED) is 0.631. The second-order valence-electron chi connectivity index (χ2n) is 5.64. The largest absolute Gasteiger partial charge is 0.307 e. The van der Waals surface area contributed by atoms with Crippen LogP contribution in [0.1, 0.15) is 16.7 Å². The van der Waals surface area contributed by atoms with E-state index in [1.807, 2.05) is 12.1 Å². The standard InChI is InChI=1S/C20H14Cl2N4O/c21-17-3-1-2-16(20(17)22)13-26-18(10-11-24-26)25-19(27)9-8-14-4-6-15(12-23)7-5-14/h1-11H,13H2,(H,25,27)/b9-8+. The Labute approximate surface area is 166 Å². The summed E-state index contributed by atoms with van der Waals surface area (Å²) in [6.45, 7) is 0.376. The summed E-state index contributed by atoms with van der Waals surface area (Å²) in [5, 5.41) is 16.7. The smallest absolute Gasteiger partial charge is 0.249 e. The first-order valence-electron chi connectivity index (χ1n) is 8.01. The van der Waals surface area contributed by atoms with Crippen molar-refractivity contribution in [2.45, 2.75) is 6.54 Å².